The molecular formula is C17H27NO. The molecule has 0 atom stereocenters. The first-order valence-corrected chi connectivity index (χ1v) is 7.42. The lowest BCUT2D eigenvalue weighted by Crippen LogP contribution is -2.43. The molecule has 1 aromatic rings. The molecule has 106 valence electrons. The molecule has 0 aliphatic carbocycles. The Morgan fingerprint density at radius 1 is 1.11 bits per heavy atom. The standard InChI is InChI=1S/C17H27NO/c1-13(2)12-18-7-5-17(19,6-8-18)16-10-14(3)9-15(4)11-16/h9-11,13,19H,5-8,12H2,1-4H3. The molecule has 0 unspecified atom stereocenters. The smallest absolute Gasteiger partial charge is 0.0921 e. The van der Waals surface area contributed by atoms with Gasteiger partial charge in [-0.2, -0.15) is 0 Å². The molecule has 0 amide bonds. The second-order valence-electron chi connectivity index (χ2n) is 6.60. The van der Waals surface area contributed by atoms with Gasteiger partial charge in [-0.25, -0.2) is 0 Å². The Labute approximate surface area is 117 Å². The molecule has 2 rings (SSSR count). The highest BCUT2D eigenvalue weighted by molar-refractivity contribution is 5.32. The fourth-order valence-corrected chi connectivity index (χ4v) is 3.15. The summed E-state index contributed by atoms with van der Waals surface area (Å²) in [5.74, 6) is 0.701. The van der Waals surface area contributed by atoms with E-state index in [9.17, 15) is 5.11 Å². The molecule has 2 heteroatoms. The van der Waals surface area contributed by atoms with Crippen LogP contribution in [0.5, 0.6) is 0 Å². The minimum absolute atomic E-state index is 0.621. The number of nitrogens with zero attached hydrogens (tertiary/aromatic N) is 1. The summed E-state index contributed by atoms with van der Waals surface area (Å²) in [4.78, 5) is 2.47. The second kappa shape index (κ2) is 5.64. The molecule has 0 saturated carbocycles. The summed E-state index contributed by atoms with van der Waals surface area (Å²) in [5, 5.41) is 10.9. The van der Waals surface area contributed by atoms with Gasteiger partial charge in [-0.15, -0.1) is 0 Å². The maximum absolute atomic E-state index is 10.9. The predicted octanol–water partition coefficient (Wildman–Crippen LogP) is 3.24. The highest BCUT2D eigenvalue weighted by Gasteiger charge is 2.34. The van der Waals surface area contributed by atoms with Crippen LogP contribution in [0, 0.1) is 19.8 Å². The monoisotopic (exact) mass is 261 g/mol. The molecule has 0 spiro atoms. The Bertz CT molecular complexity index is 411. The van der Waals surface area contributed by atoms with Crippen LogP contribution in [0.1, 0.15) is 43.4 Å². The highest BCUT2D eigenvalue weighted by Crippen LogP contribution is 2.33. The first-order chi connectivity index (χ1) is 8.89. The molecule has 1 fully saturated rings. The van der Waals surface area contributed by atoms with Crippen molar-refractivity contribution in [2.45, 2.75) is 46.1 Å². The Hall–Kier alpha value is -0.860. The van der Waals surface area contributed by atoms with Gasteiger partial charge in [-0.05, 0) is 38.2 Å². The predicted molar refractivity (Wildman–Crippen MR) is 80.3 cm³/mol. The van der Waals surface area contributed by atoms with Gasteiger partial charge in [-0.3, -0.25) is 0 Å². The lowest BCUT2D eigenvalue weighted by molar-refractivity contribution is -0.0280. The van der Waals surface area contributed by atoms with Gasteiger partial charge in [-0.1, -0.05) is 43.2 Å². The molecule has 0 bridgehead atoms. The van der Waals surface area contributed by atoms with Crippen LogP contribution in [0.4, 0.5) is 0 Å². The third kappa shape index (κ3) is 3.58. The van der Waals surface area contributed by atoms with Crippen molar-refractivity contribution in [3.63, 3.8) is 0 Å². The van der Waals surface area contributed by atoms with Crippen LogP contribution in [0.2, 0.25) is 0 Å². The van der Waals surface area contributed by atoms with Gasteiger partial charge >= 0.3 is 0 Å². The van der Waals surface area contributed by atoms with E-state index in [2.05, 4.69) is 50.8 Å². The van der Waals surface area contributed by atoms with Crippen molar-refractivity contribution < 1.29 is 5.11 Å². The van der Waals surface area contributed by atoms with Gasteiger partial charge in [0.1, 0.15) is 0 Å². The quantitative estimate of drug-likeness (QED) is 0.903. The van der Waals surface area contributed by atoms with Crippen LogP contribution >= 0.6 is 0 Å². The molecule has 0 aromatic heterocycles. The third-order valence-electron chi connectivity index (χ3n) is 4.07. The third-order valence-corrected chi connectivity index (χ3v) is 4.07. The van der Waals surface area contributed by atoms with Gasteiger partial charge in [0, 0.05) is 19.6 Å². The topological polar surface area (TPSA) is 23.5 Å². The summed E-state index contributed by atoms with van der Waals surface area (Å²) < 4.78 is 0. The largest absolute Gasteiger partial charge is 0.385 e. The highest BCUT2D eigenvalue weighted by atomic mass is 16.3. The van der Waals surface area contributed by atoms with Crippen molar-refractivity contribution in [1.29, 1.82) is 0 Å². The molecule has 1 aliphatic heterocycles. The van der Waals surface area contributed by atoms with Gasteiger partial charge in [0.15, 0.2) is 0 Å². The lowest BCUT2D eigenvalue weighted by Gasteiger charge is -2.39. The van der Waals surface area contributed by atoms with Crippen LogP contribution < -0.4 is 0 Å². The van der Waals surface area contributed by atoms with Crippen molar-refractivity contribution in [3.8, 4) is 0 Å². The maximum atomic E-state index is 10.9. The average molecular weight is 261 g/mol. The summed E-state index contributed by atoms with van der Waals surface area (Å²) in [7, 11) is 0. The maximum Gasteiger partial charge on any atom is 0.0921 e. The van der Waals surface area contributed by atoms with E-state index in [0.29, 0.717) is 5.92 Å². The van der Waals surface area contributed by atoms with Gasteiger partial charge in [0.2, 0.25) is 0 Å². The zero-order valence-corrected chi connectivity index (χ0v) is 12.7. The molecule has 1 aliphatic rings. The number of rotatable bonds is 3. The summed E-state index contributed by atoms with van der Waals surface area (Å²) in [6, 6.07) is 6.46. The molecule has 1 saturated heterocycles. The van der Waals surface area contributed by atoms with Crippen LogP contribution in [0.3, 0.4) is 0 Å². The normalized spacial score (nSPS) is 19.9. The van der Waals surface area contributed by atoms with Crippen LogP contribution in [0.15, 0.2) is 18.2 Å². The van der Waals surface area contributed by atoms with E-state index < -0.39 is 5.60 Å². The molecule has 19 heavy (non-hydrogen) atoms. The van der Waals surface area contributed by atoms with Gasteiger partial charge in [0.25, 0.3) is 0 Å². The number of aryl methyl sites for hydroxylation is 2. The Kier molecular flexibility index (Phi) is 4.32. The van der Waals surface area contributed by atoms with Crippen LogP contribution in [-0.4, -0.2) is 29.6 Å². The van der Waals surface area contributed by atoms with Crippen molar-refractivity contribution in [1.82, 2.24) is 4.90 Å². The van der Waals surface area contributed by atoms with Gasteiger partial charge < -0.3 is 10.0 Å². The average Bonchev–Trinajstić information content (AvgIpc) is 2.30. The fourth-order valence-electron chi connectivity index (χ4n) is 3.15. The number of piperidine rings is 1. The Morgan fingerprint density at radius 3 is 2.11 bits per heavy atom. The Morgan fingerprint density at radius 2 is 1.63 bits per heavy atom. The van der Waals surface area contributed by atoms with E-state index in [0.717, 1.165) is 38.0 Å². The lowest BCUT2D eigenvalue weighted by atomic mass is 9.83. The SMILES string of the molecule is Cc1cc(C)cc(C2(O)CCN(CC(C)C)CC2)c1. The summed E-state index contributed by atoms with van der Waals surface area (Å²) in [5.41, 5.74) is 2.97. The number of hydrogen-bond acceptors (Lipinski definition) is 2. The van der Waals surface area contributed by atoms with E-state index in [1.165, 1.54) is 11.1 Å². The van der Waals surface area contributed by atoms with E-state index in [1.54, 1.807) is 0 Å². The minimum atomic E-state index is -0.621. The van der Waals surface area contributed by atoms with Crippen molar-refractivity contribution in [2.24, 2.45) is 5.92 Å². The summed E-state index contributed by atoms with van der Waals surface area (Å²) >= 11 is 0. The van der Waals surface area contributed by atoms with Gasteiger partial charge in [0.05, 0.1) is 5.60 Å². The van der Waals surface area contributed by atoms with E-state index in [1.807, 2.05) is 0 Å². The van der Waals surface area contributed by atoms with Crippen molar-refractivity contribution >= 4 is 0 Å². The molecule has 2 nitrogen and oxygen atoms in total. The fraction of sp³-hybridized carbons (Fsp3) is 0.647. The number of aliphatic hydroxyl groups is 1. The number of likely N-dealkylation sites (tertiary alicyclic amines) is 1. The van der Waals surface area contributed by atoms with Crippen LogP contribution in [0.25, 0.3) is 0 Å². The van der Waals surface area contributed by atoms with Crippen LogP contribution in [-0.2, 0) is 5.60 Å². The van der Waals surface area contributed by atoms with Crippen molar-refractivity contribution in [3.05, 3.63) is 34.9 Å². The molecular weight excluding hydrogens is 234 g/mol. The Balaban J connectivity index is 2.09. The zero-order chi connectivity index (χ0) is 14.0. The van der Waals surface area contributed by atoms with E-state index >= 15 is 0 Å². The number of hydrogen-bond donors (Lipinski definition) is 1. The first-order valence-electron chi connectivity index (χ1n) is 7.42. The first kappa shape index (κ1) is 14.5. The molecule has 1 aromatic carbocycles. The molecule has 0 radical (unpaired) electrons. The van der Waals surface area contributed by atoms with E-state index in [4.69, 9.17) is 0 Å². The minimum Gasteiger partial charge on any atom is -0.385 e. The number of benzene rings is 1. The summed E-state index contributed by atoms with van der Waals surface area (Å²) in [6.45, 7) is 11.9. The summed E-state index contributed by atoms with van der Waals surface area (Å²) in [6.07, 6.45) is 1.70. The molecule has 1 heterocycles. The van der Waals surface area contributed by atoms with E-state index in [-0.39, 0.29) is 0 Å². The molecule has 1 N–H and O–H groups in total. The second-order valence-corrected chi connectivity index (χ2v) is 6.60. The van der Waals surface area contributed by atoms with Crippen molar-refractivity contribution in [2.75, 3.05) is 19.6 Å². The zero-order valence-electron chi connectivity index (χ0n) is 12.7.